The van der Waals surface area contributed by atoms with Gasteiger partial charge in [-0.2, -0.15) is 5.26 Å². The largest absolute Gasteiger partial charge is 0.378 e. The fraction of sp³-hybridized carbons (Fsp3) is 0.474. The number of anilines is 1. The molecule has 4 nitrogen and oxygen atoms in total. The second kappa shape index (κ2) is 8.38. The van der Waals surface area contributed by atoms with Gasteiger partial charge in [0.2, 0.25) is 0 Å². The fourth-order valence-electron chi connectivity index (χ4n) is 2.87. The van der Waals surface area contributed by atoms with Gasteiger partial charge in [-0.05, 0) is 36.6 Å². The first-order chi connectivity index (χ1) is 11.1. The van der Waals surface area contributed by atoms with E-state index in [4.69, 9.17) is 0 Å². The molecule has 0 bridgehead atoms. The second-order valence-electron chi connectivity index (χ2n) is 6.32. The topological polar surface area (TPSA) is 56.1 Å². The molecule has 0 aromatic heterocycles. The summed E-state index contributed by atoms with van der Waals surface area (Å²) in [4.78, 5) is 14.3. The van der Waals surface area contributed by atoms with Crippen LogP contribution in [0.5, 0.6) is 0 Å². The molecule has 1 aliphatic rings. The summed E-state index contributed by atoms with van der Waals surface area (Å²) in [6, 6.07) is 10.0. The normalized spacial score (nSPS) is 16.3. The Morgan fingerprint density at radius 3 is 2.30 bits per heavy atom. The molecule has 2 rings (SSSR count). The van der Waals surface area contributed by atoms with Gasteiger partial charge >= 0.3 is 0 Å². The maximum absolute atomic E-state index is 12.3. The zero-order valence-electron chi connectivity index (χ0n) is 14.0. The van der Waals surface area contributed by atoms with Crippen LogP contribution >= 0.6 is 0 Å². The van der Waals surface area contributed by atoms with E-state index in [1.54, 1.807) is 6.08 Å². The number of carbonyl (C=O) groups is 1. The third kappa shape index (κ3) is 5.14. The molecule has 0 atom stereocenters. The molecular formula is C19H25N3O. The molecular weight excluding hydrogens is 286 g/mol. The van der Waals surface area contributed by atoms with Gasteiger partial charge in [0.1, 0.15) is 11.6 Å². The van der Waals surface area contributed by atoms with E-state index in [-0.39, 0.29) is 17.5 Å². The smallest absolute Gasteiger partial charge is 0.262 e. The molecule has 0 unspecified atom stereocenters. The Morgan fingerprint density at radius 2 is 1.78 bits per heavy atom. The Bertz CT molecular complexity index is 588. The lowest BCUT2D eigenvalue weighted by Crippen LogP contribution is -2.35. The van der Waals surface area contributed by atoms with Crippen molar-refractivity contribution in [2.75, 3.05) is 19.0 Å². The van der Waals surface area contributed by atoms with Crippen LogP contribution < -0.4 is 10.2 Å². The Hall–Kier alpha value is -2.28. The highest BCUT2D eigenvalue weighted by Gasteiger charge is 2.17. The van der Waals surface area contributed by atoms with E-state index < -0.39 is 0 Å². The predicted molar refractivity (Wildman–Crippen MR) is 94.0 cm³/mol. The van der Waals surface area contributed by atoms with Gasteiger partial charge in [-0.1, -0.05) is 37.8 Å². The van der Waals surface area contributed by atoms with E-state index >= 15 is 0 Å². The predicted octanol–water partition coefficient (Wildman–Crippen LogP) is 3.50. The van der Waals surface area contributed by atoms with Crippen LogP contribution in [0.15, 0.2) is 29.8 Å². The summed E-state index contributed by atoms with van der Waals surface area (Å²) in [5, 5.41) is 12.3. The van der Waals surface area contributed by atoms with Gasteiger partial charge in [0.25, 0.3) is 5.91 Å². The van der Waals surface area contributed by atoms with Gasteiger partial charge < -0.3 is 10.2 Å². The SMILES string of the molecule is CN(C)c1ccc(/C=C(\C#N)C(=O)NC2CCCCCC2)cc1. The first-order valence-electron chi connectivity index (χ1n) is 8.30. The lowest BCUT2D eigenvalue weighted by Gasteiger charge is -2.15. The van der Waals surface area contributed by atoms with Crippen LogP contribution in [-0.2, 0) is 4.79 Å². The zero-order valence-corrected chi connectivity index (χ0v) is 14.0. The number of amides is 1. The first kappa shape index (κ1) is 17.1. The van der Waals surface area contributed by atoms with E-state index in [1.807, 2.05) is 49.3 Å². The van der Waals surface area contributed by atoms with Crippen molar-refractivity contribution in [1.29, 1.82) is 5.26 Å². The summed E-state index contributed by atoms with van der Waals surface area (Å²) >= 11 is 0. The summed E-state index contributed by atoms with van der Waals surface area (Å²) in [5.74, 6) is -0.254. The molecule has 0 spiro atoms. The average molecular weight is 311 g/mol. The van der Waals surface area contributed by atoms with Gasteiger partial charge in [0.05, 0.1) is 0 Å². The molecule has 1 aromatic carbocycles. The average Bonchev–Trinajstić information content (AvgIpc) is 2.81. The first-order valence-corrected chi connectivity index (χ1v) is 8.30. The third-order valence-electron chi connectivity index (χ3n) is 4.28. The molecule has 23 heavy (non-hydrogen) atoms. The van der Waals surface area contributed by atoms with E-state index in [2.05, 4.69) is 5.32 Å². The summed E-state index contributed by atoms with van der Waals surface area (Å²) in [6.45, 7) is 0. The van der Waals surface area contributed by atoms with Crippen molar-refractivity contribution in [2.45, 2.75) is 44.6 Å². The van der Waals surface area contributed by atoms with Gasteiger partial charge in [-0.15, -0.1) is 0 Å². The lowest BCUT2D eigenvalue weighted by atomic mass is 10.1. The highest BCUT2D eigenvalue weighted by atomic mass is 16.1. The summed E-state index contributed by atoms with van der Waals surface area (Å²) in [5.41, 5.74) is 2.12. The number of rotatable bonds is 4. The number of hydrogen-bond acceptors (Lipinski definition) is 3. The Labute approximate surface area is 138 Å². The summed E-state index contributed by atoms with van der Waals surface area (Å²) < 4.78 is 0. The van der Waals surface area contributed by atoms with Crippen LogP contribution in [0.3, 0.4) is 0 Å². The van der Waals surface area contributed by atoms with Gasteiger partial charge in [-0.3, -0.25) is 4.79 Å². The molecule has 122 valence electrons. The molecule has 0 aliphatic heterocycles. The fourth-order valence-corrected chi connectivity index (χ4v) is 2.87. The van der Waals surface area contributed by atoms with E-state index in [1.165, 1.54) is 12.8 Å². The number of nitrogens with one attached hydrogen (secondary N) is 1. The second-order valence-corrected chi connectivity index (χ2v) is 6.32. The maximum Gasteiger partial charge on any atom is 0.262 e. The van der Waals surface area contributed by atoms with E-state index in [9.17, 15) is 10.1 Å². The molecule has 1 amide bonds. The van der Waals surface area contributed by atoms with Crippen molar-refractivity contribution in [3.63, 3.8) is 0 Å². The molecule has 0 radical (unpaired) electrons. The van der Waals surface area contributed by atoms with Crippen molar-refractivity contribution in [1.82, 2.24) is 5.32 Å². The van der Waals surface area contributed by atoms with Crippen molar-refractivity contribution >= 4 is 17.7 Å². The Morgan fingerprint density at radius 1 is 1.17 bits per heavy atom. The van der Waals surface area contributed by atoms with Crippen LogP contribution in [0.2, 0.25) is 0 Å². The quantitative estimate of drug-likeness (QED) is 0.526. The van der Waals surface area contributed by atoms with Crippen LogP contribution in [0.25, 0.3) is 6.08 Å². The summed E-state index contributed by atoms with van der Waals surface area (Å²) in [6.07, 6.45) is 8.48. The Kier molecular flexibility index (Phi) is 6.22. The number of benzene rings is 1. The molecule has 1 fully saturated rings. The minimum absolute atomic E-state index is 0.173. The summed E-state index contributed by atoms with van der Waals surface area (Å²) in [7, 11) is 3.96. The van der Waals surface area contributed by atoms with E-state index in [0.29, 0.717) is 0 Å². The zero-order chi connectivity index (χ0) is 16.7. The number of nitrogens with zero attached hydrogens (tertiary/aromatic N) is 2. The van der Waals surface area contributed by atoms with Crippen molar-refractivity contribution in [3.8, 4) is 6.07 Å². The van der Waals surface area contributed by atoms with Crippen LogP contribution in [0, 0.1) is 11.3 Å². The third-order valence-corrected chi connectivity index (χ3v) is 4.28. The number of carbonyl (C=O) groups excluding carboxylic acids is 1. The monoisotopic (exact) mass is 311 g/mol. The van der Waals surface area contributed by atoms with Gasteiger partial charge in [0, 0.05) is 25.8 Å². The van der Waals surface area contributed by atoms with Crippen molar-refractivity contribution < 1.29 is 4.79 Å². The van der Waals surface area contributed by atoms with E-state index in [0.717, 1.165) is 36.9 Å². The van der Waals surface area contributed by atoms with Gasteiger partial charge in [-0.25, -0.2) is 0 Å². The lowest BCUT2D eigenvalue weighted by molar-refractivity contribution is -0.117. The molecule has 1 aliphatic carbocycles. The molecule has 1 N–H and O–H groups in total. The van der Waals surface area contributed by atoms with Crippen LogP contribution in [0.1, 0.15) is 44.1 Å². The van der Waals surface area contributed by atoms with Crippen LogP contribution in [0.4, 0.5) is 5.69 Å². The molecule has 0 heterocycles. The molecule has 1 saturated carbocycles. The standard InChI is InChI=1S/C19H25N3O/c1-22(2)18-11-9-15(10-12-18)13-16(14-20)19(23)21-17-7-5-3-4-6-8-17/h9-13,17H,3-8H2,1-2H3,(H,21,23)/b16-13+. The molecule has 1 aromatic rings. The maximum atomic E-state index is 12.3. The highest BCUT2D eigenvalue weighted by Crippen LogP contribution is 2.18. The Balaban J connectivity index is 2.05. The number of hydrogen-bond donors (Lipinski definition) is 1. The molecule has 4 heteroatoms. The molecule has 0 saturated heterocycles. The minimum Gasteiger partial charge on any atom is -0.378 e. The number of nitriles is 1. The van der Waals surface area contributed by atoms with Gasteiger partial charge in [0.15, 0.2) is 0 Å². The van der Waals surface area contributed by atoms with Crippen LogP contribution in [-0.4, -0.2) is 26.0 Å². The highest BCUT2D eigenvalue weighted by molar-refractivity contribution is 6.01. The minimum atomic E-state index is -0.254. The van der Waals surface area contributed by atoms with Crippen molar-refractivity contribution in [2.24, 2.45) is 0 Å². The van der Waals surface area contributed by atoms with Crippen molar-refractivity contribution in [3.05, 3.63) is 35.4 Å².